The predicted octanol–water partition coefficient (Wildman–Crippen LogP) is 5.07. The van der Waals surface area contributed by atoms with Gasteiger partial charge in [-0.15, -0.1) is 0 Å². The molecule has 3 aromatic rings. The van der Waals surface area contributed by atoms with Gasteiger partial charge in [-0.2, -0.15) is 0 Å². The molecule has 1 aromatic heterocycles. The molecule has 3 rings (SSSR count). The van der Waals surface area contributed by atoms with Crippen LogP contribution in [0.15, 0.2) is 18.2 Å². The molecule has 0 amide bonds. The number of aromatic nitrogens is 3. The Morgan fingerprint density at radius 3 is 1.77 bits per heavy atom. The summed E-state index contributed by atoms with van der Waals surface area (Å²) in [5.74, 6) is 1.99. The lowest BCUT2D eigenvalue weighted by molar-refractivity contribution is 0.476. The van der Waals surface area contributed by atoms with E-state index in [9.17, 15) is 5.11 Å². The van der Waals surface area contributed by atoms with E-state index in [0.717, 1.165) is 11.1 Å². The molecule has 0 bridgehead atoms. The number of aromatic hydroxyl groups is 1. The quantitative estimate of drug-likeness (QED) is 0.703. The fourth-order valence-electron chi connectivity index (χ4n) is 3.38. The summed E-state index contributed by atoms with van der Waals surface area (Å²) >= 11 is 0. The third kappa shape index (κ3) is 2.96. The summed E-state index contributed by atoms with van der Waals surface area (Å²) in [5, 5.41) is 10.3. The van der Waals surface area contributed by atoms with Crippen LogP contribution in [0.4, 0.5) is 0 Å². The van der Waals surface area contributed by atoms with Crippen LogP contribution in [0.3, 0.4) is 0 Å². The van der Waals surface area contributed by atoms with E-state index in [4.69, 9.17) is 4.98 Å². The van der Waals surface area contributed by atoms with Gasteiger partial charge in [0.2, 0.25) is 0 Å². The average molecular weight is 347 g/mol. The van der Waals surface area contributed by atoms with Crippen molar-refractivity contribution in [3.63, 3.8) is 0 Å². The van der Waals surface area contributed by atoms with Gasteiger partial charge in [0.1, 0.15) is 11.6 Å². The van der Waals surface area contributed by atoms with Crippen LogP contribution in [0, 0.1) is 48.5 Å². The molecule has 0 aliphatic rings. The van der Waals surface area contributed by atoms with E-state index in [0.29, 0.717) is 23.0 Å². The van der Waals surface area contributed by atoms with Gasteiger partial charge in [-0.3, -0.25) is 0 Å². The van der Waals surface area contributed by atoms with Crippen LogP contribution < -0.4 is 0 Å². The molecule has 134 valence electrons. The lowest BCUT2D eigenvalue weighted by atomic mass is 9.89. The van der Waals surface area contributed by atoms with Crippen molar-refractivity contribution in [1.29, 1.82) is 0 Å². The summed E-state index contributed by atoms with van der Waals surface area (Å²) in [4.78, 5) is 13.8. The highest BCUT2D eigenvalue weighted by Gasteiger charge is 2.18. The van der Waals surface area contributed by atoms with Crippen LogP contribution in [0.5, 0.6) is 5.75 Å². The smallest absolute Gasteiger partial charge is 0.167 e. The highest BCUT2D eigenvalue weighted by Crippen LogP contribution is 2.34. The number of phenols is 1. The number of rotatable bonds is 2. The zero-order chi connectivity index (χ0) is 19.2. The Morgan fingerprint density at radius 1 is 0.654 bits per heavy atom. The molecule has 0 saturated heterocycles. The van der Waals surface area contributed by atoms with Crippen molar-refractivity contribution in [3.05, 3.63) is 57.4 Å². The van der Waals surface area contributed by atoms with E-state index >= 15 is 0 Å². The topological polar surface area (TPSA) is 58.9 Å². The molecule has 0 radical (unpaired) electrons. The van der Waals surface area contributed by atoms with Gasteiger partial charge >= 0.3 is 0 Å². The maximum atomic E-state index is 10.3. The highest BCUT2D eigenvalue weighted by atomic mass is 16.3. The largest absolute Gasteiger partial charge is 0.507 e. The van der Waals surface area contributed by atoms with Crippen molar-refractivity contribution < 1.29 is 5.11 Å². The monoisotopic (exact) mass is 347 g/mol. The molecule has 26 heavy (non-hydrogen) atoms. The maximum absolute atomic E-state index is 10.3. The Labute approximate surface area is 155 Å². The first-order valence-electron chi connectivity index (χ1n) is 8.80. The van der Waals surface area contributed by atoms with Crippen LogP contribution >= 0.6 is 0 Å². The summed E-state index contributed by atoms with van der Waals surface area (Å²) in [7, 11) is 0. The van der Waals surface area contributed by atoms with Crippen LogP contribution in [0.25, 0.3) is 22.8 Å². The van der Waals surface area contributed by atoms with E-state index in [1.165, 1.54) is 27.8 Å². The molecule has 2 aromatic carbocycles. The summed E-state index contributed by atoms with van der Waals surface area (Å²) in [5.41, 5.74) is 8.90. The summed E-state index contributed by atoms with van der Waals surface area (Å²) in [6.07, 6.45) is 0. The second kappa shape index (κ2) is 6.52. The molecule has 4 nitrogen and oxygen atoms in total. The number of phenolic OH excluding ortho intramolecular Hbond substituents is 1. The molecule has 4 heteroatoms. The zero-order valence-electron chi connectivity index (χ0n) is 16.5. The minimum Gasteiger partial charge on any atom is -0.507 e. The van der Waals surface area contributed by atoms with Crippen LogP contribution in [-0.4, -0.2) is 20.1 Å². The third-order valence-electron chi connectivity index (χ3n) is 5.36. The van der Waals surface area contributed by atoms with Crippen molar-refractivity contribution in [2.45, 2.75) is 48.5 Å². The Morgan fingerprint density at radius 2 is 1.19 bits per heavy atom. The zero-order valence-corrected chi connectivity index (χ0v) is 16.5. The number of benzene rings is 2. The number of hydrogen-bond donors (Lipinski definition) is 1. The molecule has 1 N–H and O–H groups in total. The van der Waals surface area contributed by atoms with Gasteiger partial charge in [-0.05, 0) is 94.0 Å². The molecular weight excluding hydrogens is 322 g/mol. The lowest BCUT2D eigenvalue weighted by Gasteiger charge is -2.18. The Kier molecular flexibility index (Phi) is 4.53. The Hall–Kier alpha value is -2.75. The van der Waals surface area contributed by atoms with Gasteiger partial charge in [0.05, 0.1) is 5.56 Å². The first kappa shape index (κ1) is 18.1. The molecule has 1 heterocycles. The summed E-state index contributed by atoms with van der Waals surface area (Å²) in [6, 6.07) is 5.53. The van der Waals surface area contributed by atoms with Crippen molar-refractivity contribution in [1.82, 2.24) is 15.0 Å². The van der Waals surface area contributed by atoms with Gasteiger partial charge in [-0.1, -0.05) is 6.07 Å². The number of aryl methyl sites for hydroxylation is 2. The van der Waals surface area contributed by atoms with Crippen LogP contribution in [-0.2, 0) is 0 Å². The molecule has 0 saturated carbocycles. The highest BCUT2D eigenvalue weighted by molar-refractivity contribution is 5.72. The number of nitrogens with zero attached hydrogens (tertiary/aromatic N) is 3. The average Bonchev–Trinajstić information content (AvgIpc) is 2.58. The van der Waals surface area contributed by atoms with E-state index in [2.05, 4.69) is 44.6 Å². The minimum atomic E-state index is 0.186. The normalized spacial score (nSPS) is 11.0. The predicted molar refractivity (Wildman–Crippen MR) is 106 cm³/mol. The lowest BCUT2D eigenvalue weighted by Crippen LogP contribution is -2.05. The standard InChI is InChI=1S/C22H25N3O/c1-11-8-9-18(19(26)10-11)21-23-17(7)24-22(25-21)20-15(5)13(3)12(2)14(4)16(20)6/h8-10,26H,1-7H3. The van der Waals surface area contributed by atoms with Crippen molar-refractivity contribution in [2.24, 2.45) is 0 Å². The van der Waals surface area contributed by atoms with Gasteiger partial charge < -0.3 is 5.11 Å². The van der Waals surface area contributed by atoms with Crippen LogP contribution in [0.2, 0.25) is 0 Å². The number of hydrogen-bond acceptors (Lipinski definition) is 4. The van der Waals surface area contributed by atoms with E-state index in [-0.39, 0.29) is 5.75 Å². The van der Waals surface area contributed by atoms with Gasteiger partial charge in [-0.25, -0.2) is 15.0 Å². The Balaban J connectivity index is 2.28. The van der Waals surface area contributed by atoms with Gasteiger partial charge in [0.15, 0.2) is 11.6 Å². The summed E-state index contributed by atoms with van der Waals surface area (Å²) < 4.78 is 0. The first-order chi connectivity index (χ1) is 12.2. The molecule has 0 spiro atoms. The third-order valence-corrected chi connectivity index (χ3v) is 5.36. The molecule has 0 aliphatic heterocycles. The van der Waals surface area contributed by atoms with E-state index < -0.39 is 0 Å². The van der Waals surface area contributed by atoms with Crippen molar-refractivity contribution in [3.8, 4) is 28.5 Å². The fourth-order valence-corrected chi connectivity index (χ4v) is 3.38. The van der Waals surface area contributed by atoms with Crippen LogP contribution in [0.1, 0.15) is 39.2 Å². The minimum absolute atomic E-state index is 0.186. The van der Waals surface area contributed by atoms with Crippen molar-refractivity contribution in [2.75, 3.05) is 0 Å². The van der Waals surface area contributed by atoms with E-state index in [1.807, 2.05) is 26.0 Å². The first-order valence-corrected chi connectivity index (χ1v) is 8.80. The van der Waals surface area contributed by atoms with E-state index in [1.54, 1.807) is 6.07 Å². The molecule has 0 atom stereocenters. The van der Waals surface area contributed by atoms with Crippen molar-refractivity contribution >= 4 is 0 Å². The molecular formula is C22H25N3O. The second-order valence-corrected chi connectivity index (χ2v) is 7.05. The van der Waals surface area contributed by atoms with Gasteiger partial charge in [0.25, 0.3) is 0 Å². The molecule has 0 aliphatic carbocycles. The second-order valence-electron chi connectivity index (χ2n) is 7.05. The fraction of sp³-hybridized carbons (Fsp3) is 0.318. The maximum Gasteiger partial charge on any atom is 0.167 e. The SMILES string of the molecule is Cc1ccc(-c2nc(C)nc(-c3c(C)c(C)c(C)c(C)c3C)n2)c(O)c1. The molecule has 0 fully saturated rings. The summed E-state index contributed by atoms with van der Waals surface area (Å²) in [6.45, 7) is 14.5. The molecule has 0 unspecified atom stereocenters. The Bertz CT molecular complexity index is 993. The van der Waals surface area contributed by atoms with Gasteiger partial charge in [0, 0.05) is 5.56 Å².